The highest BCUT2D eigenvalue weighted by Crippen LogP contribution is 2.30. The summed E-state index contributed by atoms with van der Waals surface area (Å²) in [7, 11) is -3.83. The summed E-state index contributed by atoms with van der Waals surface area (Å²) in [6.07, 6.45) is 2.93. The van der Waals surface area contributed by atoms with Crippen LogP contribution >= 0.6 is 0 Å². The van der Waals surface area contributed by atoms with Crippen LogP contribution in [0.2, 0.25) is 0 Å². The van der Waals surface area contributed by atoms with Crippen molar-refractivity contribution in [3.05, 3.63) is 66.4 Å². The van der Waals surface area contributed by atoms with Gasteiger partial charge in [0, 0.05) is 24.7 Å². The van der Waals surface area contributed by atoms with Gasteiger partial charge in [-0.25, -0.2) is 12.4 Å². The van der Waals surface area contributed by atoms with Gasteiger partial charge in [0.2, 0.25) is 0 Å². The van der Waals surface area contributed by atoms with E-state index in [2.05, 4.69) is 10.3 Å². The standard InChI is InChI=1S/C22H23N5O3S/c23-21-24-15-22(25-21)10-12-26(13-11-22)20(28)18-14-27(19-9-5-4-8-17(18)19)31(29,30)16-6-2-1-3-7-16/h1-9,14H,10-13,15H2,(H3,23,24,25). The number of benzene rings is 2. The first-order valence-corrected chi connectivity index (χ1v) is 11.6. The molecule has 1 aromatic heterocycles. The molecule has 9 heteroatoms. The van der Waals surface area contributed by atoms with Crippen LogP contribution in [0.15, 0.2) is 70.7 Å². The van der Waals surface area contributed by atoms with Crippen LogP contribution in [0, 0.1) is 0 Å². The molecule has 0 atom stereocenters. The van der Waals surface area contributed by atoms with Crippen molar-refractivity contribution in [3.8, 4) is 0 Å². The number of guanidine groups is 1. The van der Waals surface area contributed by atoms with E-state index in [1.165, 1.54) is 10.2 Å². The Bertz CT molecular complexity index is 1290. The van der Waals surface area contributed by atoms with Crippen molar-refractivity contribution in [1.29, 1.82) is 0 Å². The number of aliphatic imine (C=N–C) groups is 1. The number of nitrogens with one attached hydrogen (secondary N) is 1. The summed E-state index contributed by atoms with van der Waals surface area (Å²) in [5.74, 6) is 0.286. The minimum Gasteiger partial charge on any atom is -0.370 e. The van der Waals surface area contributed by atoms with E-state index >= 15 is 0 Å². The Morgan fingerprint density at radius 2 is 1.71 bits per heavy atom. The molecule has 160 valence electrons. The quantitative estimate of drug-likeness (QED) is 0.649. The molecule has 1 amide bonds. The van der Waals surface area contributed by atoms with Crippen molar-refractivity contribution in [1.82, 2.24) is 14.2 Å². The number of likely N-dealkylation sites (tertiary alicyclic amines) is 1. The maximum Gasteiger partial charge on any atom is 0.268 e. The van der Waals surface area contributed by atoms with Gasteiger partial charge in [-0.1, -0.05) is 36.4 Å². The van der Waals surface area contributed by atoms with Gasteiger partial charge in [-0.3, -0.25) is 9.79 Å². The van der Waals surface area contributed by atoms with Gasteiger partial charge in [0.15, 0.2) is 5.96 Å². The van der Waals surface area contributed by atoms with Gasteiger partial charge < -0.3 is 16.0 Å². The van der Waals surface area contributed by atoms with Gasteiger partial charge in [-0.2, -0.15) is 0 Å². The first kappa shape index (κ1) is 19.6. The minimum atomic E-state index is -3.83. The average Bonchev–Trinajstić information content (AvgIpc) is 3.36. The third-order valence-electron chi connectivity index (χ3n) is 6.16. The number of hydrogen-bond donors (Lipinski definition) is 2. The number of para-hydroxylation sites is 1. The zero-order valence-corrected chi connectivity index (χ0v) is 17.7. The van der Waals surface area contributed by atoms with Crippen LogP contribution in [0.25, 0.3) is 10.9 Å². The molecule has 1 saturated heterocycles. The highest BCUT2D eigenvalue weighted by atomic mass is 32.2. The van der Waals surface area contributed by atoms with Crippen molar-refractivity contribution in [3.63, 3.8) is 0 Å². The van der Waals surface area contributed by atoms with Gasteiger partial charge in [-0.15, -0.1) is 0 Å². The van der Waals surface area contributed by atoms with Crippen molar-refractivity contribution in [2.45, 2.75) is 23.3 Å². The lowest BCUT2D eigenvalue weighted by Gasteiger charge is -2.39. The number of rotatable bonds is 3. The van der Waals surface area contributed by atoms with E-state index in [-0.39, 0.29) is 16.3 Å². The van der Waals surface area contributed by atoms with Gasteiger partial charge in [0.1, 0.15) is 0 Å². The fourth-order valence-electron chi connectivity index (χ4n) is 4.40. The Balaban J connectivity index is 1.48. The highest BCUT2D eigenvalue weighted by molar-refractivity contribution is 7.90. The molecule has 31 heavy (non-hydrogen) atoms. The molecule has 8 nitrogen and oxygen atoms in total. The number of nitrogens with two attached hydrogens (primary N) is 1. The summed E-state index contributed by atoms with van der Waals surface area (Å²) in [5.41, 5.74) is 6.48. The molecule has 0 bridgehead atoms. The molecule has 2 aromatic carbocycles. The zero-order chi connectivity index (χ0) is 21.6. The minimum absolute atomic E-state index is 0.167. The highest BCUT2D eigenvalue weighted by Gasteiger charge is 2.39. The second-order valence-corrected chi connectivity index (χ2v) is 9.89. The van der Waals surface area contributed by atoms with Crippen LogP contribution in [0.1, 0.15) is 23.2 Å². The first-order chi connectivity index (χ1) is 14.9. The van der Waals surface area contributed by atoms with E-state index in [4.69, 9.17) is 5.73 Å². The number of fused-ring (bicyclic) bond motifs is 1. The summed E-state index contributed by atoms with van der Waals surface area (Å²) < 4.78 is 27.7. The molecular weight excluding hydrogens is 414 g/mol. The van der Waals surface area contributed by atoms with E-state index in [1.807, 2.05) is 6.07 Å². The van der Waals surface area contributed by atoms with E-state index < -0.39 is 10.0 Å². The lowest BCUT2D eigenvalue weighted by molar-refractivity contribution is 0.0670. The smallest absolute Gasteiger partial charge is 0.268 e. The second kappa shape index (κ2) is 7.12. The van der Waals surface area contributed by atoms with Crippen LogP contribution in [-0.4, -0.2) is 54.3 Å². The molecule has 1 spiro atoms. The Hall–Kier alpha value is -3.33. The molecule has 2 aliphatic heterocycles. The second-order valence-electron chi connectivity index (χ2n) is 8.07. The van der Waals surface area contributed by atoms with Crippen LogP contribution < -0.4 is 11.1 Å². The molecule has 0 radical (unpaired) electrons. The predicted octanol–water partition coefficient (Wildman–Crippen LogP) is 1.77. The van der Waals surface area contributed by atoms with Crippen LogP contribution in [0.3, 0.4) is 0 Å². The normalized spacial score (nSPS) is 18.2. The Morgan fingerprint density at radius 1 is 1.03 bits per heavy atom. The predicted molar refractivity (Wildman–Crippen MR) is 118 cm³/mol. The maximum absolute atomic E-state index is 13.4. The Kier molecular flexibility index (Phi) is 4.51. The number of nitrogens with zero attached hydrogens (tertiary/aromatic N) is 3. The van der Waals surface area contributed by atoms with Gasteiger partial charge in [0.25, 0.3) is 15.9 Å². The Labute approximate surface area is 180 Å². The molecule has 5 rings (SSSR count). The number of aromatic nitrogens is 1. The van der Waals surface area contributed by atoms with Gasteiger partial charge >= 0.3 is 0 Å². The third kappa shape index (κ3) is 3.25. The van der Waals surface area contributed by atoms with Crippen molar-refractivity contribution < 1.29 is 13.2 Å². The molecular formula is C22H23N5O3S. The van der Waals surface area contributed by atoms with Gasteiger partial charge in [0.05, 0.1) is 28.1 Å². The average molecular weight is 438 g/mol. The molecule has 0 saturated carbocycles. The maximum atomic E-state index is 13.4. The largest absolute Gasteiger partial charge is 0.370 e. The number of hydrogen-bond acceptors (Lipinski definition) is 6. The molecule has 2 aliphatic rings. The van der Waals surface area contributed by atoms with E-state index in [9.17, 15) is 13.2 Å². The Morgan fingerprint density at radius 3 is 2.39 bits per heavy atom. The van der Waals surface area contributed by atoms with E-state index in [0.717, 1.165) is 12.8 Å². The number of carbonyl (C=O) groups excluding carboxylic acids is 1. The third-order valence-corrected chi connectivity index (χ3v) is 7.85. The zero-order valence-electron chi connectivity index (χ0n) is 16.9. The number of carbonyl (C=O) groups is 1. The summed E-state index contributed by atoms with van der Waals surface area (Å²) in [4.78, 5) is 19.6. The summed E-state index contributed by atoms with van der Waals surface area (Å²) in [5, 5.41) is 3.87. The molecule has 3 N–H and O–H groups in total. The molecule has 0 unspecified atom stereocenters. The topological polar surface area (TPSA) is 110 Å². The van der Waals surface area contributed by atoms with E-state index in [0.29, 0.717) is 42.1 Å². The lowest BCUT2D eigenvalue weighted by Crippen LogP contribution is -2.55. The molecule has 0 aliphatic carbocycles. The molecule has 3 heterocycles. The summed E-state index contributed by atoms with van der Waals surface area (Å²) in [6, 6.07) is 15.3. The number of piperidine rings is 1. The molecule has 1 fully saturated rings. The van der Waals surface area contributed by atoms with E-state index in [1.54, 1.807) is 53.4 Å². The lowest BCUT2D eigenvalue weighted by atomic mass is 9.88. The summed E-state index contributed by atoms with van der Waals surface area (Å²) >= 11 is 0. The summed E-state index contributed by atoms with van der Waals surface area (Å²) in [6.45, 7) is 1.73. The van der Waals surface area contributed by atoms with Crippen LogP contribution in [0.5, 0.6) is 0 Å². The SMILES string of the molecule is NC1=NCC2(CCN(C(=O)c3cn(S(=O)(=O)c4ccccc4)c4ccccc34)CC2)N1. The number of amides is 1. The van der Waals surface area contributed by atoms with Gasteiger partial charge in [-0.05, 0) is 31.0 Å². The van der Waals surface area contributed by atoms with Crippen molar-refractivity contribution >= 4 is 32.8 Å². The first-order valence-electron chi connectivity index (χ1n) is 10.2. The van der Waals surface area contributed by atoms with Crippen LogP contribution in [-0.2, 0) is 10.0 Å². The molecule has 3 aromatic rings. The monoisotopic (exact) mass is 437 g/mol. The fraction of sp³-hybridized carbons (Fsp3) is 0.273. The van der Waals surface area contributed by atoms with Crippen molar-refractivity contribution in [2.24, 2.45) is 10.7 Å². The van der Waals surface area contributed by atoms with Crippen molar-refractivity contribution in [2.75, 3.05) is 19.6 Å². The van der Waals surface area contributed by atoms with Crippen LogP contribution in [0.4, 0.5) is 0 Å². The fourth-order valence-corrected chi connectivity index (χ4v) is 5.79.